The molecule has 1 heterocycles. The van der Waals surface area contributed by atoms with Crippen LogP contribution in [-0.2, 0) is 0 Å². The number of fused-ring (bicyclic) bond motifs is 1. The Balaban J connectivity index is 2.42. The molecule has 2 N–H and O–H groups in total. The molecular formula is C14H18N2O. The van der Waals surface area contributed by atoms with Crippen molar-refractivity contribution in [2.24, 2.45) is 0 Å². The van der Waals surface area contributed by atoms with Crippen LogP contribution in [0.5, 0.6) is 0 Å². The molecule has 3 heteroatoms. The Bertz CT molecular complexity index is 555. The number of H-pyrrole nitrogens is 1. The van der Waals surface area contributed by atoms with Gasteiger partial charge in [-0.05, 0) is 38.0 Å². The summed E-state index contributed by atoms with van der Waals surface area (Å²) in [6.07, 6.45) is 0.949. The highest BCUT2D eigenvalue weighted by Gasteiger charge is 2.13. The van der Waals surface area contributed by atoms with Gasteiger partial charge in [-0.25, -0.2) is 0 Å². The first-order chi connectivity index (χ1) is 8.13. The molecule has 0 radical (unpaired) electrons. The summed E-state index contributed by atoms with van der Waals surface area (Å²) < 4.78 is 0. The lowest BCUT2D eigenvalue weighted by atomic mass is 10.1. The second-order valence-corrected chi connectivity index (χ2v) is 4.43. The summed E-state index contributed by atoms with van der Waals surface area (Å²) in [7, 11) is 0. The molecule has 1 aromatic heterocycles. The van der Waals surface area contributed by atoms with E-state index in [1.807, 2.05) is 26.0 Å². The molecule has 0 spiro atoms. The van der Waals surface area contributed by atoms with Crippen molar-refractivity contribution in [1.29, 1.82) is 0 Å². The van der Waals surface area contributed by atoms with Crippen molar-refractivity contribution < 1.29 is 4.79 Å². The van der Waals surface area contributed by atoms with Gasteiger partial charge in [-0.15, -0.1) is 0 Å². The van der Waals surface area contributed by atoms with Crippen molar-refractivity contribution in [2.45, 2.75) is 27.2 Å². The summed E-state index contributed by atoms with van der Waals surface area (Å²) in [6.45, 7) is 6.80. The molecule has 0 fully saturated rings. The highest BCUT2D eigenvalue weighted by molar-refractivity contribution is 6.00. The van der Waals surface area contributed by atoms with Crippen molar-refractivity contribution in [3.05, 3.63) is 35.0 Å². The summed E-state index contributed by atoms with van der Waals surface area (Å²) >= 11 is 0. The summed E-state index contributed by atoms with van der Waals surface area (Å²) in [5.74, 6) is -0.0156. The van der Waals surface area contributed by atoms with Crippen LogP contribution >= 0.6 is 0 Å². The van der Waals surface area contributed by atoms with Gasteiger partial charge in [-0.1, -0.05) is 18.6 Å². The Morgan fingerprint density at radius 3 is 2.82 bits per heavy atom. The second-order valence-electron chi connectivity index (χ2n) is 4.43. The monoisotopic (exact) mass is 230 g/mol. The van der Waals surface area contributed by atoms with Crippen LogP contribution in [0.2, 0.25) is 0 Å². The lowest BCUT2D eigenvalue weighted by Crippen LogP contribution is -2.24. The topological polar surface area (TPSA) is 44.9 Å². The molecule has 0 saturated heterocycles. The SMILES string of the molecule is CCCNC(=O)c1[nH]c2ccc(C)cc2c1C. The number of nitrogens with one attached hydrogen (secondary N) is 2. The van der Waals surface area contributed by atoms with E-state index in [9.17, 15) is 4.79 Å². The van der Waals surface area contributed by atoms with Crippen molar-refractivity contribution >= 4 is 16.8 Å². The van der Waals surface area contributed by atoms with Crippen LogP contribution in [0, 0.1) is 13.8 Å². The van der Waals surface area contributed by atoms with Crippen LogP contribution < -0.4 is 5.32 Å². The zero-order valence-corrected chi connectivity index (χ0v) is 10.6. The van der Waals surface area contributed by atoms with Crippen LogP contribution in [0.3, 0.4) is 0 Å². The first kappa shape index (κ1) is 11.7. The molecular weight excluding hydrogens is 212 g/mol. The zero-order valence-electron chi connectivity index (χ0n) is 10.6. The molecule has 3 nitrogen and oxygen atoms in total. The largest absolute Gasteiger partial charge is 0.351 e. The van der Waals surface area contributed by atoms with Gasteiger partial charge in [0, 0.05) is 17.4 Å². The maximum Gasteiger partial charge on any atom is 0.268 e. The van der Waals surface area contributed by atoms with E-state index in [2.05, 4.69) is 23.3 Å². The Morgan fingerprint density at radius 1 is 1.35 bits per heavy atom. The molecule has 90 valence electrons. The number of amides is 1. The highest BCUT2D eigenvalue weighted by Crippen LogP contribution is 2.22. The Hall–Kier alpha value is -1.77. The number of carbonyl (C=O) groups is 1. The van der Waals surface area contributed by atoms with Gasteiger partial charge in [0.2, 0.25) is 0 Å². The van der Waals surface area contributed by atoms with Gasteiger partial charge >= 0.3 is 0 Å². The van der Waals surface area contributed by atoms with Gasteiger partial charge in [-0.2, -0.15) is 0 Å². The van der Waals surface area contributed by atoms with E-state index in [0.29, 0.717) is 12.2 Å². The van der Waals surface area contributed by atoms with Gasteiger partial charge in [0.1, 0.15) is 5.69 Å². The number of aromatic nitrogens is 1. The van der Waals surface area contributed by atoms with E-state index in [4.69, 9.17) is 0 Å². The van der Waals surface area contributed by atoms with E-state index < -0.39 is 0 Å². The molecule has 1 aromatic carbocycles. The molecule has 0 aliphatic rings. The number of aryl methyl sites for hydroxylation is 2. The molecule has 0 atom stereocenters. The lowest BCUT2D eigenvalue weighted by Gasteiger charge is -2.01. The van der Waals surface area contributed by atoms with E-state index in [1.165, 1.54) is 5.56 Å². The maximum absolute atomic E-state index is 11.9. The standard InChI is InChI=1S/C14H18N2O/c1-4-7-15-14(17)13-10(3)11-8-9(2)5-6-12(11)16-13/h5-6,8,16H,4,7H2,1-3H3,(H,15,17). The number of aromatic amines is 1. The van der Waals surface area contributed by atoms with E-state index >= 15 is 0 Å². The Kier molecular flexibility index (Phi) is 3.18. The third kappa shape index (κ3) is 2.18. The van der Waals surface area contributed by atoms with Gasteiger partial charge in [0.25, 0.3) is 5.91 Å². The van der Waals surface area contributed by atoms with Crippen molar-refractivity contribution in [3.8, 4) is 0 Å². The van der Waals surface area contributed by atoms with Crippen molar-refractivity contribution in [3.63, 3.8) is 0 Å². The number of benzene rings is 1. The van der Waals surface area contributed by atoms with Gasteiger partial charge in [0.05, 0.1) is 0 Å². The molecule has 0 unspecified atom stereocenters. The molecule has 0 bridgehead atoms. The fraction of sp³-hybridized carbons (Fsp3) is 0.357. The zero-order chi connectivity index (χ0) is 12.4. The predicted octanol–water partition coefficient (Wildman–Crippen LogP) is 2.92. The van der Waals surface area contributed by atoms with Crippen LogP contribution in [0.15, 0.2) is 18.2 Å². The van der Waals surface area contributed by atoms with Crippen molar-refractivity contribution in [1.82, 2.24) is 10.3 Å². The lowest BCUT2D eigenvalue weighted by molar-refractivity contribution is 0.0949. The fourth-order valence-corrected chi connectivity index (χ4v) is 1.99. The molecule has 0 aliphatic carbocycles. The fourth-order valence-electron chi connectivity index (χ4n) is 1.99. The van der Waals surface area contributed by atoms with Crippen molar-refractivity contribution in [2.75, 3.05) is 6.54 Å². The first-order valence-corrected chi connectivity index (χ1v) is 6.00. The minimum Gasteiger partial charge on any atom is -0.351 e. The van der Waals surface area contributed by atoms with E-state index in [1.54, 1.807) is 0 Å². The summed E-state index contributed by atoms with van der Waals surface area (Å²) in [5, 5.41) is 4.03. The number of carbonyl (C=O) groups excluding carboxylic acids is 1. The maximum atomic E-state index is 11.9. The van der Waals surface area contributed by atoms with Gasteiger partial charge in [0.15, 0.2) is 0 Å². The molecule has 0 aliphatic heterocycles. The van der Waals surface area contributed by atoms with Crippen LogP contribution in [-0.4, -0.2) is 17.4 Å². The summed E-state index contributed by atoms with van der Waals surface area (Å²) in [6, 6.07) is 6.18. The molecule has 2 rings (SSSR count). The first-order valence-electron chi connectivity index (χ1n) is 6.00. The number of hydrogen-bond donors (Lipinski definition) is 2. The smallest absolute Gasteiger partial charge is 0.268 e. The Labute approximate surface area is 101 Å². The van der Waals surface area contributed by atoms with E-state index in [-0.39, 0.29) is 5.91 Å². The summed E-state index contributed by atoms with van der Waals surface area (Å²) in [4.78, 5) is 15.1. The van der Waals surface area contributed by atoms with Crippen LogP contribution in [0.25, 0.3) is 10.9 Å². The molecule has 17 heavy (non-hydrogen) atoms. The third-order valence-electron chi connectivity index (χ3n) is 2.98. The van der Waals surface area contributed by atoms with Gasteiger partial charge < -0.3 is 10.3 Å². The molecule has 2 aromatic rings. The van der Waals surface area contributed by atoms with Crippen LogP contribution in [0.4, 0.5) is 0 Å². The normalized spacial score (nSPS) is 10.8. The Morgan fingerprint density at radius 2 is 2.12 bits per heavy atom. The average Bonchev–Trinajstić information content (AvgIpc) is 2.64. The quantitative estimate of drug-likeness (QED) is 0.836. The average molecular weight is 230 g/mol. The number of rotatable bonds is 3. The minimum absolute atomic E-state index is 0.0156. The van der Waals surface area contributed by atoms with Gasteiger partial charge in [-0.3, -0.25) is 4.79 Å². The molecule has 1 amide bonds. The van der Waals surface area contributed by atoms with E-state index in [0.717, 1.165) is 22.9 Å². The second kappa shape index (κ2) is 4.62. The number of hydrogen-bond acceptors (Lipinski definition) is 1. The molecule has 0 saturated carbocycles. The predicted molar refractivity (Wildman–Crippen MR) is 70.4 cm³/mol. The van der Waals surface area contributed by atoms with Crippen LogP contribution in [0.1, 0.15) is 35.0 Å². The highest BCUT2D eigenvalue weighted by atomic mass is 16.1. The summed E-state index contributed by atoms with van der Waals surface area (Å²) in [5.41, 5.74) is 3.94. The minimum atomic E-state index is -0.0156. The third-order valence-corrected chi connectivity index (χ3v) is 2.98.